The van der Waals surface area contributed by atoms with Crippen molar-refractivity contribution in [2.75, 3.05) is 0 Å². The van der Waals surface area contributed by atoms with E-state index in [0.717, 1.165) is 27.1 Å². The Hall–Kier alpha value is -3.87. The van der Waals surface area contributed by atoms with Gasteiger partial charge in [-0.05, 0) is 63.1 Å². The molecule has 0 radical (unpaired) electrons. The molecule has 0 saturated heterocycles. The van der Waals surface area contributed by atoms with E-state index in [9.17, 15) is 12.6 Å². The van der Waals surface area contributed by atoms with E-state index >= 15 is 0 Å². The average Bonchev–Trinajstić information content (AvgIpc) is 3.41. The van der Waals surface area contributed by atoms with Crippen LogP contribution in [0.3, 0.4) is 0 Å². The van der Waals surface area contributed by atoms with Crippen LogP contribution in [0.2, 0.25) is 0 Å². The maximum atomic E-state index is 14.8. The second kappa shape index (κ2) is 13.5. The van der Waals surface area contributed by atoms with Crippen LogP contribution in [0.25, 0.3) is 10.9 Å². The maximum Gasteiger partial charge on any atom is 0.268 e. The van der Waals surface area contributed by atoms with E-state index < -0.39 is 39.7 Å². The van der Waals surface area contributed by atoms with Gasteiger partial charge in [-0.15, -0.1) is 0 Å². The molecule has 0 spiro atoms. The molecule has 0 unspecified atom stereocenters. The van der Waals surface area contributed by atoms with Gasteiger partial charge in [0.25, 0.3) is 10.0 Å². The van der Waals surface area contributed by atoms with Gasteiger partial charge in [0.1, 0.15) is 0 Å². The van der Waals surface area contributed by atoms with E-state index in [2.05, 4.69) is 29.0 Å². The highest BCUT2D eigenvalue weighted by molar-refractivity contribution is 7.90. The third-order valence-electron chi connectivity index (χ3n) is 7.90. The summed E-state index contributed by atoms with van der Waals surface area (Å²) in [6, 6.07) is 46.3. The van der Waals surface area contributed by atoms with E-state index in [1.165, 1.54) is 0 Å². The highest BCUT2D eigenvalue weighted by Crippen LogP contribution is 2.45. The largest absolute Gasteiger partial charge is 0.268 e. The lowest BCUT2D eigenvalue weighted by Gasteiger charge is -2.27. The van der Waals surface area contributed by atoms with E-state index in [1.807, 2.05) is 118 Å². The molecule has 2 atom stereocenters. The molecule has 0 aliphatic carbocycles. The quantitative estimate of drug-likeness (QED) is 0.153. The van der Waals surface area contributed by atoms with Crippen LogP contribution < -0.4 is 15.3 Å². The standard InChI is InChI=1S/C38H37N2O3PS2/c1-38(2,3)45(41)39-37(29-18-8-4-9-19-29)36-33-26-16-17-27-34(33)40(46(42,43)32-24-14-7-15-25-32)35(36)28-44(30-20-10-5-11-21-30)31-22-12-6-13-23-31/h4-27,37,39H,28H2,1-3H3/t37-,45-/m1/s1. The minimum absolute atomic E-state index is 0.217. The molecule has 6 aromatic rings. The zero-order valence-corrected chi connectivity index (χ0v) is 28.6. The van der Waals surface area contributed by atoms with Crippen molar-refractivity contribution in [1.82, 2.24) is 8.69 Å². The lowest BCUT2D eigenvalue weighted by molar-refractivity contribution is 0.587. The molecular weight excluding hydrogens is 628 g/mol. The summed E-state index contributed by atoms with van der Waals surface area (Å²) < 4.78 is 47.8. The van der Waals surface area contributed by atoms with Gasteiger partial charge in [-0.3, -0.25) is 0 Å². The molecule has 1 N–H and O–H groups in total. The van der Waals surface area contributed by atoms with Gasteiger partial charge in [0.2, 0.25) is 0 Å². The van der Waals surface area contributed by atoms with Crippen LogP contribution >= 0.6 is 7.92 Å². The van der Waals surface area contributed by atoms with Gasteiger partial charge >= 0.3 is 0 Å². The minimum atomic E-state index is -4.03. The summed E-state index contributed by atoms with van der Waals surface area (Å²) in [6.07, 6.45) is 0.451. The van der Waals surface area contributed by atoms with Crippen molar-refractivity contribution in [3.63, 3.8) is 0 Å². The fourth-order valence-corrected chi connectivity index (χ4v) is 10.5. The molecule has 234 valence electrons. The van der Waals surface area contributed by atoms with Crippen LogP contribution in [0.5, 0.6) is 0 Å². The van der Waals surface area contributed by atoms with Crippen LogP contribution in [-0.2, 0) is 27.2 Å². The Balaban J connectivity index is 1.70. The van der Waals surface area contributed by atoms with Crippen molar-refractivity contribution < 1.29 is 12.6 Å². The topological polar surface area (TPSA) is 68.2 Å². The minimum Gasteiger partial charge on any atom is -0.242 e. The summed E-state index contributed by atoms with van der Waals surface area (Å²) in [5.41, 5.74) is 3.00. The Morgan fingerprint density at radius 1 is 0.696 bits per heavy atom. The zero-order chi connectivity index (χ0) is 32.3. The molecule has 5 aromatic carbocycles. The smallest absolute Gasteiger partial charge is 0.242 e. The van der Waals surface area contributed by atoms with Gasteiger partial charge in [-0.1, -0.05) is 127 Å². The molecule has 5 nitrogen and oxygen atoms in total. The summed E-state index contributed by atoms with van der Waals surface area (Å²) in [4.78, 5) is 0.217. The molecule has 0 fully saturated rings. The molecule has 6 rings (SSSR count). The van der Waals surface area contributed by atoms with Gasteiger partial charge in [0.15, 0.2) is 0 Å². The SMILES string of the molecule is CC(C)(C)[S@@](=O)N[C@H](c1ccccc1)c1c(CP(c2ccccc2)c2ccccc2)n(S(=O)(=O)c2ccccc2)c2ccccc12. The van der Waals surface area contributed by atoms with Crippen molar-refractivity contribution in [2.45, 2.75) is 42.6 Å². The monoisotopic (exact) mass is 664 g/mol. The van der Waals surface area contributed by atoms with Gasteiger partial charge < -0.3 is 0 Å². The Kier molecular flexibility index (Phi) is 9.39. The van der Waals surface area contributed by atoms with Gasteiger partial charge in [-0.2, -0.15) is 0 Å². The second-order valence-electron chi connectivity index (χ2n) is 12.1. The average molecular weight is 665 g/mol. The Morgan fingerprint density at radius 3 is 1.72 bits per heavy atom. The van der Waals surface area contributed by atoms with Crippen LogP contribution in [-0.4, -0.2) is 21.3 Å². The third-order valence-corrected chi connectivity index (χ3v) is 13.7. The number of rotatable bonds is 10. The number of para-hydroxylation sites is 1. The molecule has 1 aromatic heterocycles. The predicted octanol–water partition coefficient (Wildman–Crippen LogP) is 7.65. The van der Waals surface area contributed by atoms with Crippen molar-refractivity contribution in [3.8, 4) is 0 Å². The van der Waals surface area contributed by atoms with Crippen molar-refractivity contribution in [2.24, 2.45) is 0 Å². The van der Waals surface area contributed by atoms with Crippen LogP contribution in [0.1, 0.15) is 43.6 Å². The maximum absolute atomic E-state index is 14.8. The fraction of sp³-hybridized carbons (Fsp3) is 0.158. The molecule has 0 aliphatic heterocycles. The van der Waals surface area contributed by atoms with Crippen molar-refractivity contribution >= 4 is 50.4 Å². The summed E-state index contributed by atoms with van der Waals surface area (Å²) >= 11 is 0. The highest BCUT2D eigenvalue weighted by atomic mass is 32.2. The second-order valence-corrected chi connectivity index (χ2v) is 18.0. The first kappa shape index (κ1) is 32.1. The van der Waals surface area contributed by atoms with E-state index in [0.29, 0.717) is 17.4 Å². The summed E-state index contributed by atoms with van der Waals surface area (Å²) in [5, 5.41) is 3.09. The van der Waals surface area contributed by atoms with Gasteiger partial charge in [0.05, 0.1) is 32.2 Å². The Bertz CT molecular complexity index is 2020. The number of nitrogens with zero attached hydrogens (tertiary/aromatic N) is 1. The molecule has 0 amide bonds. The fourth-order valence-electron chi connectivity index (χ4n) is 5.65. The first-order valence-electron chi connectivity index (χ1n) is 15.2. The predicted molar refractivity (Wildman–Crippen MR) is 193 cm³/mol. The Morgan fingerprint density at radius 2 is 1.17 bits per heavy atom. The van der Waals surface area contributed by atoms with Crippen LogP contribution in [0, 0.1) is 0 Å². The molecule has 1 heterocycles. The number of hydrogen-bond acceptors (Lipinski definition) is 3. The summed E-state index contributed by atoms with van der Waals surface area (Å²) in [6.45, 7) is 5.81. The molecule has 0 saturated carbocycles. The normalized spacial score (nSPS) is 13.6. The van der Waals surface area contributed by atoms with Gasteiger partial charge in [0, 0.05) is 22.8 Å². The first-order chi connectivity index (χ1) is 22.2. The highest BCUT2D eigenvalue weighted by Gasteiger charge is 2.34. The van der Waals surface area contributed by atoms with E-state index in [1.54, 1.807) is 28.2 Å². The third kappa shape index (κ3) is 6.51. The molecule has 46 heavy (non-hydrogen) atoms. The van der Waals surface area contributed by atoms with Gasteiger partial charge in [-0.25, -0.2) is 21.3 Å². The number of fused-ring (bicyclic) bond motifs is 1. The van der Waals surface area contributed by atoms with Crippen molar-refractivity contribution in [3.05, 3.63) is 162 Å². The Labute approximate surface area is 275 Å². The number of benzene rings is 5. The molecule has 8 heteroatoms. The van der Waals surface area contributed by atoms with Crippen LogP contribution in [0.15, 0.2) is 150 Å². The lowest BCUT2D eigenvalue weighted by Crippen LogP contribution is -2.36. The number of nitrogens with one attached hydrogen (secondary N) is 1. The zero-order valence-electron chi connectivity index (χ0n) is 26.1. The molecule has 0 bridgehead atoms. The summed E-state index contributed by atoms with van der Waals surface area (Å²) in [7, 11) is -6.53. The molecule has 0 aliphatic rings. The lowest BCUT2D eigenvalue weighted by atomic mass is 9.97. The summed E-state index contributed by atoms with van der Waals surface area (Å²) in [5.74, 6) is 0. The van der Waals surface area contributed by atoms with E-state index in [4.69, 9.17) is 0 Å². The number of hydrogen-bond donors (Lipinski definition) is 1. The van der Waals surface area contributed by atoms with Crippen molar-refractivity contribution in [1.29, 1.82) is 0 Å². The van der Waals surface area contributed by atoms with Crippen LogP contribution in [0.4, 0.5) is 0 Å². The molecular formula is C38H37N2O3PS2. The first-order valence-corrected chi connectivity index (χ1v) is 19.3. The van der Waals surface area contributed by atoms with E-state index in [-0.39, 0.29) is 4.90 Å². The number of aromatic nitrogens is 1.